The molecule has 1 aromatic rings. The summed E-state index contributed by atoms with van der Waals surface area (Å²) in [5.41, 5.74) is -2.16. The molecule has 10 atom stereocenters. The zero-order chi connectivity index (χ0) is 33.7. The van der Waals surface area contributed by atoms with Crippen LogP contribution in [0.4, 0.5) is 5.69 Å². The summed E-state index contributed by atoms with van der Waals surface area (Å²) in [6.45, 7) is 6.14. The predicted octanol–water partition coefficient (Wildman–Crippen LogP) is 1.17. The highest BCUT2D eigenvalue weighted by Gasteiger charge is 2.98. The number of nitrogens with zero attached hydrogens (tertiary/aromatic N) is 1. The van der Waals surface area contributed by atoms with E-state index in [0.717, 1.165) is 10.5 Å². The molecule has 0 aromatic heterocycles. The number of fused-ring (bicyclic) bond motifs is 10. The van der Waals surface area contributed by atoms with Crippen molar-refractivity contribution in [1.82, 2.24) is 0 Å². The number of anilines is 1. The molecule has 2 amide bonds. The van der Waals surface area contributed by atoms with Gasteiger partial charge < -0.3 is 28.4 Å². The Labute approximate surface area is 269 Å². The summed E-state index contributed by atoms with van der Waals surface area (Å²) in [5, 5.41) is 0. The molecule has 7 aliphatic rings. The molecule has 1 aromatic carbocycles. The van der Waals surface area contributed by atoms with Crippen molar-refractivity contribution in [3.63, 3.8) is 0 Å². The third kappa shape index (κ3) is 2.96. The third-order valence-corrected chi connectivity index (χ3v) is 11.8. The van der Waals surface area contributed by atoms with Crippen LogP contribution in [0.3, 0.4) is 0 Å². The van der Waals surface area contributed by atoms with E-state index >= 15 is 9.59 Å². The van der Waals surface area contributed by atoms with Crippen LogP contribution in [0.15, 0.2) is 46.6 Å². The first-order valence-corrected chi connectivity index (χ1v) is 15.4. The first kappa shape index (κ1) is 30.0. The Hall–Kier alpha value is -4.36. The van der Waals surface area contributed by atoms with Crippen molar-refractivity contribution >= 4 is 41.4 Å². The van der Waals surface area contributed by atoms with Gasteiger partial charge >= 0.3 is 23.9 Å². The van der Waals surface area contributed by atoms with Gasteiger partial charge in [-0.25, -0.2) is 24.1 Å². The van der Waals surface area contributed by atoms with E-state index < -0.39 is 94.6 Å². The lowest BCUT2D eigenvalue weighted by atomic mass is 9.38. The smallest absolute Gasteiger partial charge is 0.334 e. The molecule has 5 aliphatic heterocycles. The van der Waals surface area contributed by atoms with Crippen LogP contribution in [0.5, 0.6) is 0 Å². The van der Waals surface area contributed by atoms with Crippen LogP contribution in [0.1, 0.15) is 26.3 Å². The van der Waals surface area contributed by atoms with E-state index in [0.29, 0.717) is 5.69 Å². The lowest BCUT2D eigenvalue weighted by Gasteiger charge is -2.56. The van der Waals surface area contributed by atoms with Gasteiger partial charge in [-0.05, 0) is 23.1 Å². The lowest BCUT2D eigenvalue weighted by Crippen LogP contribution is -2.71. The Morgan fingerprint density at radius 1 is 0.596 bits per heavy atom. The number of imide groups is 1. The molecule has 0 N–H and O–H groups in total. The Kier molecular flexibility index (Phi) is 5.85. The molecular formula is C34H33NO12. The quantitative estimate of drug-likeness (QED) is 0.255. The molecule has 0 radical (unpaired) electrons. The highest BCUT2D eigenvalue weighted by molar-refractivity contribution is 6.28. The van der Waals surface area contributed by atoms with Crippen LogP contribution >= 0.6 is 0 Å². The van der Waals surface area contributed by atoms with E-state index in [2.05, 4.69) is 0 Å². The molecule has 13 heteroatoms. The number of hydrogen-bond acceptors (Lipinski definition) is 12. The monoisotopic (exact) mass is 647 g/mol. The highest BCUT2D eigenvalue weighted by Crippen LogP contribution is 2.83. The molecule has 8 rings (SSSR count). The molecule has 6 unspecified atom stereocenters. The van der Waals surface area contributed by atoms with Gasteiger partial charge in [-0.15, -0.1) is 0 Å². The van der Waals surface area contributed by atoms with E-state index in [1.807, 2.05) is 32.9 Å². The molecule has 4 bridgehead atoms. The Morgan fingerprint density at radius 3 is 1.15 bits per heavy atom. The molecule has 246 valence electrons. The largest absolute Gasteiger partial charge is 0.466 e. The summed E-state index contributed by atoms with van der Waals surface area (Å²) in [4.78, 5) is 84.0. The van der Waals surface area contributed by atoms with E-state index in [9.17, 15) is 19.2 Å². The molecule has 47 heavy (non-hydrogen) atoms. The van der Waals surface area contributed by atoms with Crippen LogP contribution in [-0.4, -0.2) is 88.5 Å². The van der Waals surface area contributed by atoms with Crippen molar-refractivity contribution in [3.05, 3.63) is 52.1 Å². The fraction of sp³-hybridized carbons (Fsp3) is 0.529. The Balaban J connectivity index is 1.35. The summed E-state index contributed by atoms with van der Waals surface area (Å²) in [7, 11) is 4.73. The normalized spacial score (nSPS) is 38.3. The average molecular weight is 648 g/mol. The molecule has 0 saturated carbocycles. The minimum Gasteiger partial charge on any atom is -0.466 e. The van der Waals surface area contributed by atoms with E-state index in [4.69, 9.17) is 28.4 Å². The zero-order valence-electron chi connectivity index (χ0n) is 26.8. The van der Waals surface area contributed by atoms with Gasteiger partial charge in [0.05, 0.1) is 80.8 Å². The number of carbonyl (C=O) groups excluding carboxylic acids is 6. The van der Waals surface area contributed by atoms with Crippen LogP contribution in [0.2, 0.25) is 0 Å². The van der Waals surface area contributed by atoms with Gasteiger partial charge in [0.1, 0.15) is 10.8 Å². The number of ether oxygens (including phenoxy) is 6. The predicted molar refractivity (Wildman–Crippen MR) is 156 cm³/mol. The minimum absolute atomic E-state index is 0.0278. The summed E-state index contributed by atoms with van der Waals surface area (Å²) >= 11 is 0. The second-order valence-electron chi connectivity index (χ2n) is 14.2. The van der Waals surface area contributed by atoms with Crippen molar-refractivity contribution in [2.24, 2.45) is 34.5 Å². The Bertz CT molecular complexity index is 1620. The van der Waals surface area contributed by atoms with E-state index in [1.54, 1.807) is 12.1 Å². The minimum atomic E-state index is -1.70. The standard InChI is InChI=1S/C34H33NO12/c1-32(2,3)12-8-10-13(11-9-12)35-30(40)33-22-14-15(19(27(37)43-5)18(14)26(36)42-4)23(46-22)34(33,31(35)41)25-17-16(24(33)47-25)20(28(38)44-6)21(17)29(39)45-7/h8-11,14-17,22-25H,1-7H3/t14?,15?,16?,17?,22-,23+,24+,25-,33?,34?. The summed E-state index contributed by atoms with van der Waals surface area (Å²) in [6, 6.07) is 7.14. The van der Waals surface area contributed by atoms with Gasteiger partial charge in [0, 0.05) is 23.7 Å². The molecule has 2 aliphatic carbocycles. The molecule has 5 saturated heterocycles. The van der Waals surface area contributed by atoms with Crippen molar-refractivity contribution in [2.45, 2.75) is 50.6 Å². The van der Waals surface area contributed by atoms with Crippen LogP contribution in [-0.2, 0) is 62.6 Å². The number of carbonyl (C=O) groups is 6. The maximum Gasteiger partial charge on any atom is 0.334 e. The summed E-state index contributed by atoms with van der Waals surface area (Å²) in [5.74, 6) is -7.43. The molecule has 13 nitrogen and oxygen atoms in total. The number of rotatable bonds is 5. The topological polar surface area (TPSA) is 161 Å². The summed E-state index contributed by atoms with van der Waals surface area (Å²) < 4.78 is 33.4. The molecule has 5 fully saturated rings. The first-order chi connectivity index (χ1) is 22.3. The van der Waals surface area contributed by atoms with Crippen LogP contribution in [0.25, 0.3) is 0 Å². The van der Waals surface area contributed by atoms with Crippen LogP contribution < -0.4 is 4.90 Å². The van der Waals surface area contributed by atoms with Crippen LogP contribution in [0, 0.1) is 34.5 Å². The number of amides is 2. The SMILES string of the molecule is COC(=O)C1=C(C(=O)OC)C2C1[C@H]1O[C@@H]2C23C(=O)N(c4ccc(C(C)(C)C)cc4)C(=O)C12[C@H]1O[C@@H]3C2C(C(=O)OC)=C(C(=O)OC)C21. The lowest BCUT2D eigenvalue weighted by molar-refractivity contribution is -0.154. The van der Waals surface area contributed by atoms with Gasteiger partial charge in [0.25, 0.3) is 0 Å². The Morgan fingerprint density at radius 2 is 0.894 bits per heavy atom. The van der Waals surface area contributed by atoms with Gasteiger partial charge in [0.15, 0.2) is 0 Å². The molecule has 0 spiro atoms. The van der Waals surface area contributed by atoms with Crippen molar-refractivity contribution in [3.8, 4) is 0 Å². The van der Waals surface area contributed by atoms with Crippen molar-refractivity contribution in [2.75, 3.05) is 33.3 Å². The zero-order valence-corrected chi connectivity index (χ0v) is 26.8. The third-order valence-electron chi connectivity index (χ3n) is 11.8. The number of esters is 4. The molecular weight excluding hydrogens is 614 g/mol. The van der Waals surface area contributed by atoms with Gasteiger partial charge in [0.2, 0.25) is 11.8 Å². The second kappa shape index (κ2) is 9.16. The highest BCUT2D eigenvalue weighted by atomic mass is 16.6. The van der Waals surface area contributed by atoms with Crippen molar-refractivity contribution < 1.29 is 57.2 Å². The summed E-state index contributed by atoms with van der Waals surface area (Å²) in [6.07, 6.45) is -4.36. The second-order valence-corrected chi connectivity index (χ2v) is 14.2. The fourth-order valence-corrected chi connectivity index (χ4v) is 10.2. The van der Waals surface area contributed by atoms with Gasteiger partial charge in [-0.3, -0.25) is 9.59 Å². The fourth-order valence-electron chi connectivity index (χ4n) is 10.2. The van der Waals surface area contributed by atoms with Crippen molar-refractivity contribution in [1.29, 1.82) is 0 Å². The van der Waals surface area contributed by atoms with Gasteiger partial charge in [-0.2, -0.15) is 0 Å². The maximum absolute atomic E-state index is 15.1. The first-order valence-electron chi connectivity index (χ1n) is 15.4. The molecule has 5 heterocycles. The average Bonchev–Trinajstić information content (AvgIpc) is 3.75. The van der Waals surface area contributed by atoms with E-state index in [1.165, 1.54) is 28.4 Å². The number of hydrogen-bond donors (Lipinski definition) is 0. The number of benzene rings is 1. The van der Waals surface area contributed by atoms with Gasteiger partial charge in [-0.1, -0.05) is 32.9 Å². The maximum atomic E-state index is 15.1. The van der Waals surface area contributed by atoms with E-state index in [-0.39, 0.29) is 27.7 Å². The number of methoxy groups -OCH3 is 4.